The van der Waals surface area contributed by atoms with Crippen molar-refractivity contribution in [1.29, 1.82) is 0 Å². The van der Waals surface area contributed by atoms with Gasteiger partial charge in [0.25, 0.3) is 5.91 Å². The van der Waals surface area contributed by atoms with Crippen molar-refractivity contribution in [2.24, 2.45) is 5.92 Å². The molecule has 0 bridgehead atoms. The fraction of sp³-hybridized carbons (Fsp3) is 0.353. The van der Waals surface area contributed by atoms with E-state index in [2.05, 4.69) is 17.0 Å². The van der Waals surface area contributed by atoms with Crippen LogP contribution in [0.5, 0.6) is 5.75 Å². The predicted molar refractivity (Wildman–Crippen MR) is 86.5 cm³/mol. The van der Waals surface area contributed by atoms with Gasteiger partial charge in [-0.25, -0.2) is 0 Å². The maximum atomic E-state index is 12.3. The molecular weight excluding hydrogens is 320 g/mol. The highest BCUT2D eigenvalue weighted by Gasteiger charge is 2.20. The number of anilines is 1. The van der Waals surface area contributed by atoms with Crippen LogP contribution in [0.15, 0.2) is 30.3 Å². The molecule has 6 heteroatoms. The molecule has 0 unspecified atom stereocenters. The van der Waals surface area contributed by atoms with Gasteiger partial charge in [-0.05, 0) is 61.1 Å². The van der Waals surface area contributed by atoms with E-state index in [0.717, 1.165) is 12.8 Å². The van der Waals surface area contributed by atoms with Crippen LogP contribution in [-0.2, 0) is 12.8 Å². The van der Waals surface area contributed by atoms with Crippen molar-refractivity contribution in [3.05, 3.63) is 45.6 Å². The lowest BCUT2D eigenvalue weighted by Crippen LogP contribution is -2.10. The Morgan fingerprint density at radius 1 is 1.35 bits per heavy atom. The summed E-state index contributed by atoms with van der Waals surface area (Å²) >= 11 is 1.54. The summed E-state index contributed by atoms with van der Waals surface area (Å²) in [6, 6.07) is 7.88. The molecule has 1 amide bonds. The first-order chi connectivity index (χ1) is 11.0. The lowest BCUT2D eigenvalue weighted by molar-refractivity contribution is -0.0498. The smallest absolute Gasteiger partial charge is 0.387 e. The summed E-state index contributed by atoms with van der Waals surface area (Å²) in [5.74, 6) is 0.563. The highest BCUT2D eigenvalue weighted by Crippen LogP contribution is 2.32. The second-order valence-electron chi connectivity index (χ2n) is 5.76. The molecule has 122 valence electrons. The molecule has 3 nitrogen and oxygen atoms in total. The van der Waals surface area contributed by atoms with E-state index in [1.807, 2.05) is 6.07 Å². The van der Waals surface area contributed by atoms with Gasteiger partial charge in [0.15, 0.2) is 0 Å². The van der Waals surface area contributed by atoms with Gasteiger partial charge in [-0.15, -0.1) is 11.3 Å². The number of carbonyl (C=O) groups excluding carboxylic acids is 1. The Bertz CT molecular complexity index is 697. The van der Waals surface area contributed by atoms with Gasteiger partial charge in [-0.1, -0.05) is 6.92 Å². The highest BCUT2D eigenvalue weighted by atomic mass is 32.1. The third-order valence-corrected chi connectivity index (χ3v) is 5.13. The van der Waals surface area contributed by atoms with E-state index in [-0.39, 0.29) is 11.7 Å². The monoisotopic (exact) mass is 337 g/mol. The minimum absolute atomic E-state index is 0.0681. The molecule has 0 spiro atoms. The number of carbonyl (C=O) groups is 1. The average Bonchev–Trinajstić information content (AvgIpc) is 2.92. The molecule has 0 radical (unpaired) electrons. The number of fused-ring (bicyclic) bond motifs is 1. The van der Waals surface area contributed by atoms with E-state index in [9.17, 15) is 13.6 Å². The lowest BCUT2D eigenvalue weighted by Gasteiger charge is -2.16. The Kier molecular flexibility index (Phi) is 4.61. The third kappa shape index (κ3) is 3.88. The zero-order valence-corrected chi connectivity index (χ0v) is 13.5. The summed E-state index contributed by atoms with van der Waals surface area (Å²) < 4.78 is 28.5. The van der Waals surface area contributed by atoms with Gasteiger partial charge >= 0.3 is 6.61 Å². The minimum Gasteiger partial charge on any atom is -0.435 e. The van der Waals surface area contributed by atoms with E-state index in [1.54, 1.807) is 23.5 Å². The molecule has 1 atom stereocenters. The lowest BCUT2D eigenvalue weighted by atomic mass is 9.90. The molecule has 2 aromatic rings. The first kappa shape index (κ1) is 15.9. The number of benzene rings is 1. The summed E-state index contributed by atoms with van der Waals surface area (Å²) in [7, 11) is 0. The number of aryl methyl sites for hydroxylation is 1. The van der Waals surface area contributed by atoms with Gasteiger partial charge in [0, 0.05) is 10.6 Å². The zero-order valence-electron chi connectivity index (χ0n) is 12.6. The first-order valence-electron chi connectivity index (χ1n) is 7.49. The van der Waals surface area contributed by atoms with Crippen molar-refractivity contribution in [2.75, 3.05) is 5.32 Å². The van der Waals surface area contributed by atoms with Crippen LogP contribution in [0.3, 0.4) is 0 Å². The summed E-state index contributed by atoms with van der Waals surface area (Å²) in [6.45, 7) is -0.626. The number of nitrogens with one attached hydrogen (secondary N) is 1. The predicted octanol–water partition coefficient (Wildman–Crippen LogP) is 4.73. The van der Waals surface area contributed by atoms with Gasteiger partial charge in [0.05, 0.1) is 4.88 Å². The SMILES string of the molecule is C[C@@H]1CCc2sc(C(=O)Nc3ccc(OC(F)F)cc3)cc2C1. The van der Waals surface area contributed by atoms with Gasteiger partial charge < -0.3 is 10.1 Å². The number of hydrogen-bond donors (Lipinski definition) is 1. The summed E-state index contributed by atoms with van der Waals surface area (Å²) in [5, 5.41) is 2.79. The van der Waals surface area contributed by atoms with E-state index in [4.69, 9.17) is 0 Å². The van der Waals surface area contributed by atoms with Crippen molar-refractivity contribution in [1.82, 2.24) is 0 Å². The second kappa shape index (κ2) is 6.66. The van der Waals surface area contributed by atoms with Crippen LogP contribution in [0.25, 0.3) is 0 Å². The van der Waals surface area contributed by atoms with E-state index in [0.29, 0.717) is 16.5 Å². The Morgan fingerprint density at radius 3 is 2.78 bits per heavy atom. The van der Waals surface area contributed by atoms with E-state index < -0.39 is 6.61 Å². The number of alkyl halides is 2. The Morgan fingerprint density at radius 2 is 2.09 bits per heavy atom. The molecule has 23 heavy (non-hydrogen) atoms. The van der Waals surface area contributed by atoms with E-state index >= 15 is 0 Å². The van der Waals surface area contributed by atoms with Gasteiger partial charge in [-0.3, -0.25) is 4.79 Å². The van der Waals surface area contributed by atoms with Gasteiger partial charge in [0.1, 0.15) is 5.75 Å². The van der Waals surface area contributed by atoms with Crippen LogP contribution in [-0.4, -0.2) is 12.5 Å². The number of thiophene rings is 1. The molecule has 1 N–H and O–H groups in total. The van der Waals surface area contributed by atoms with Crippen LogP contribution in [0, 0.1) is 5.92 Å². The van der Waals surface area contributed by atoms with E-state index in [1.165, 1.54) is 29.0 Å². The molecule has 1 heterocycles. The van der Waals surface area contributed by atoms with Crippen LogP contribution >= 0.6 is 11.3 Å². The summed E-state index contributed by atoms with van der Waals surface area (Å²) in [5.41, 5.74) is 1.83. The highest BCUT2D eigenvalue weighted by molar-refractivity contribution is 7.14. The summed E-state index contributed by atoms with van der Waals surface area (Å²) in [4.78, 5) is 14.3. The molecule has 0 fully saturated rings. The molecule has 1 aliphatic carbocycles. The Labute approximate surface area is 137 Å². The number of rotatable bonds is 4. The molecule has 1 aromatic carbocycles. The Hall–Kier alpha value is -1.95. The molecule has 3 rings (SSSR count). The molecule has 1 aliphatic rings. The number of amides is 1. The molecule has 0 saturated carbocycles. The number of ether oxygens (including phenoxy) is 1. The second-order valence-corrected chi connectivity index (χ2v) is 6.90. The maximum absolute atomic E-state index is 12.3. The van der Waals surface area contributed by atoms with Crippen molar-refractivity contribution in [2.45, 2.75) is 32.8 Å². The van der Waals surface area contributed by atoms with Crippen molar-refractivity contribution in [3.8, 4) is 5.75 Å². The van der Waals surface area contributed by atoms with Crippen molar-refractivity contribution < 1.29 is 18.3 Å². The molecule has 0 aliphatic heterocycles. The van der Waals surface area contributed by atoms with Crippen LogP contribution in [0.1, 0.15) is 33.5 Å². The van der Waals surface area contributed by atoms with Crippen LogP contribution in [0.2, 0.25) is 0 Å². The fourth-order valence-electron chi connectivity index (χ4n) is 2.73. The third-order valence-electron chi connectivity index (χ3n) is 3.89. The fourth-order valence-corrected chi connectivity index (χ4v) is 3.83. The molecular formula is C17H17F2NO2S. The first-order valence-corrected chi connectivity index (χ1v) is 8.30. The number of halogens is 2. The standard InChI is InChI=1S/C17H17F2NO2S/c1-10-2-7-14-11(8-10)9-15(23-14)16(21)20-12-3-5-13(6-4-12)22-17(18)19/h3-6,9-10,17H,2,7-8H2,1H3,(H,20,21)/t10-/m1/s1. The maximum Gasteiger partial charge on any atom is 0.387 e. The largest absolute Gasteiger partial charge is 0.435 e. The zero-order chi connectivity index (χ0) is 16.4. The quantitative estimate of drug-likeness (QED) is 0.876. The van der Waals surface area contributed by atoms with Crippen molar-refractivity contribution in [3.63, 3.8) is 0 Å². The van der Waals surface area contributed by atoms with Gasteiger partial charge in [-0.2, -0.15) is 8.78 Å². The molecule has 0 saturated heterocycles. The topological polar surface area (TPSA) is 38.3 Å². The average molecular weight is 337 g/mol. The minimum atomic E-state index is -2.85. The summed E-state index contributed by atoms with van der Waals surface area (Å²) in [6.07, 6.45) is 3.23. The van der Waals surface area contributed by atoms with Crippen molar-refractivity contribution >= 4 is 22.9 Å². The molecule has 1 aromatic heterocycles. The van der Waals surface area contributed by atoms with Crippen LogP contribution < -0.4 is 10.1 Å². The Balaban J connectivity index is 1.67. The number of hydrogen-bond acceptors (Lipinski definition) is 3. The van der Waals surface area contributed by atoms with Crippen LogP contribution in [0.4, 0.5) is 14.5 Å². The normalized spacial score (nSPS) is 17.0. The van der Waals surface area contributed by atoms with Gasteiger partial charge in [0.2, 0.25) is 0 Å².